The summed E-state index contributed by atoms with van der Waals surface area (Å²) >= 11 is 0. The Morgan fingerprint density at radius 1 is 1.10 bits per heavy atom. The third-order valence-corrected chi connectivity index (χ3v) is 7.51. The fourth-order valence-corrected chi connectivity index (χ4v) is 5.82. The van der Waals surface area contributed by atoms with Gasteiger partial charge < -0.3 is 9.64 Å². The number of anilines is 1. The first-order valence-electron chi connectivity index (χ1n) is 10.5. The van der Waals surface area contributed by atoms with Crippen molar-refractivity contribution in [2.24, 2.45) is 0 Å². The molecular weight excluding hydrogens is 400 g/mol. The van der Waals surface area contributed by atoms with Crippen molar-refractivity contribution in [2.75, 3.05) is 17.9 Å². The number of morpholine rings is 1. The van der Waals surface area contributed by atoms with Gasteiger partial charge >= 0.3 is 0 Å². The van der Waals surface area contributed by atoms with Gasteiger partial charge in [-0.15, -0.1) is 0 Å². The minimum absolute atomic E-state index is 0.0667. The third kappa shape index (κ3) is 4.23. The van der Waals surface area contributed by atoms with E-state index < -0.39 is 10.0 Å². The molecular formula is C23H28N2O4S. The Kier molecular flexibility index (Phi) is 5.84. The largest absolute Gasteiger partial charge is 0.374 e. The highest BCUT2D eigenvalue weighted by Gasteiger charge is 2.37. The highest BCUT2D eigenvalue weighted by molar-refractivity contribution is 7.92. The van der Waals surface area contributed by atoms with Gasteiger partial charge in [0.1, 0.15) is 0 Å². The standard InChI is InChI=1S/C23H28N2O4S/c1-16-10-11-17(2)22(14-16)30(27,28)24-19-7-5-6-18(15-19)23(26)25-12-13-29-21-9-4-3-8-20(21)25/h5-7,10-11,14-15,20-21,24H,3-4,8-9,12-13H2,1-2H3/t20-,21+/m0/s1. The van der Waals surface area contributed by atoms with Gasteiger partial charge in [0.05, 0.1) is 23.6 Å². The van der Waals surface area contributed by atoms with Crippen LogP contribution in [0.2, 0.25) is 0 Å². The van der Waals surface area contributed by atoms with Gasteiger partial charge in [0, 0.05) is 17.8 Å². The Hall–Kier alpha value is -2.38. The highest BCUT2D eigenvalue weighted by Crippen LogP contribution is 2.30. The predicted octanol–water partition coefficient (Wildman–Crippen LogP) is 3.89. The van der Waals surface area contributed by atoms with Crippen LogP contribution in [-0.4, -0.2) is 44.5 Å². The van der Waals surface area contributed by atoms with Crippen molar-refractivity contribution in [1.82, 2.24) is 4.90 Å². The number of sulfonamides is 1. The van der Waals surface area contributed by atoms with E-state index >= 15 is 0 Å². The zero-order chi connectivity index (χ0) is 21.3. The van der Waals surface area contributed by atoms with Crippen molar-refractivity contribution < 1.29 is 17.9 Å². The van der Waals surface area contributed by atoms with Crippen LogP contribution < -0.4 is 4.72 Å². The smallest absolute Gasteiger partial charge is 0.262 e. The molecule has 6 nitrogen and oxygen atoms in total. The lowest BCUT2D eigenvalue weighted by molar-refractivity contribution is -0.0752. The lowest BCUT2D eigenvalue weighted by atomic mass is 9.89. The molecule has 1 amide bonds. The van der Waals surface area contributed by atoms with Crippen molar-refractivity contribution in [3.05, 3.63) is 59.2 Å². The van der Waals surface area contributed by atoms with Crippen LogP contribution in [0.5, 0.6) is 0 Å². The first-order chi connectivity index (χ1) is 14.3. The molecule has 4 rings (SSSR count). The molecule has 1 aliphatic heterocycles. The Labute approximate surface area is 178 Å². The summed E-state index contributed by atoms with van der Waals surface area (Å²) in [7, 11) is -3.75. The summed E-state index contributed by atoms with van der Waals surface area (Å²) in [5.41, 5.74) is 2.42. The number of nitrogens with zero attached hydrogens (tertiary/aromatic N) is 1. The number of benzene rings is 2. The topological polar surface area (TPSA) is 75.7 Å². The van der Waals surface area contributed by atoms with Crippen LogP contribution in [0.1, 0.15) is 47.2 Å². The number of aryl methyl sites for hydroxylation is 2. The summed E-state index contributed by atoms with van der Waals surface area (Å²) in [6, 6.07) is 12.2. The molecule has 1 saturated carbocycles. The molecule has 2 fully saturated rings. The SMILES string of the molecule is Cc1ccc(C)c(S(=O)(=O)Nc2cccc(C(=O)N3CCO[C@@H]4CCCC[C@@H]43)c2)c1. The molecule has 0 unspecified atom stereocenters. The van der Waals surface area contributed by atoms with E-state index in [2.05, 4.69) is 4.72 Å². The molecule has 7 heteroatoms. The molecule has 0 radical (unpaired) electrons. The van der Waals surface area contributed by atoms with Crippen molar-refractivity contribution in [1.29, 1.82) is 0 Å². The summed E-state index contributed by atoms with van der Waals surface area (Å²) in [6.07, 6.45) is 4.30. The van der Waals surface area contributed by atoms with Crippen molar-refractivity contribution in [3.63, 3.8) is 0 Å². The molecule has 1 saturated heterocycles. The van der Waals surface area contributed by atoms with Gasteiger partial charge in [0.25, 0.3) is 15.9 Å². The van der Waals surface area contributed by atoms with Gasteiger partial charge in [-0.25, -0.2) is 8.42 Å². The van der Waals surface area contributed by atoms with Gasteiger partial charge in [-0.2, -0.15) is 0 Å². The van der Waals surface area contributed by atoms with Gasteiger partial charge in [-0.05, 0) is 62.1 Å². The molecule has 2 aromatic carbocycles. The van der Waals surface area contributed by atoms with Crippen LogP contribution in [0.3, 0.4) is 0 Å². The number of carbonyl (C=O) groups is 1. The minimum atomic E-state index is -3.75. The molecule has 2 aliphatic rings. The number of amides is 1. The average molecular weight is 429 g/mol. The second kappa shape index (κ2) is 8.40. The fraction of sp³-hybridized carbons (Fsp3) is 0.435. The van der Waals surface area contributed by atoms with E-state index in [1.54, 1.807) is 43.3 Å². The molecule has 1 N–H and O–H groups in total. The molecule has 1 aliphatic carbocycles. The second-order valence-corrected chi connectivity index (χ2v) is 9.87. The van der Waals surface area contributed by atoms with Crippen LogP contribution in [0.4, 0.5) is 5.69 Å². The van der Waals surface area contributed by atoms with Crippen molar-refractivity contribution in [2.45, 2.75) is 56.6 Å². The van der Waals surface area contributed by atoms with E-state index in [1.165, 1.54) is 0 Å². The molecule has 0 spiro atoms. The maximum Gasteiger partial charge on any atom is 0.262 e. The number of fused-ring (bicyclic) bond motifs is 1. The van der Waals surface area contributed by atoms with E-state index in [4.69, 9.17) is 4.74 Å². The first-order valence-corrected chi connectivity index (χ1v) is 12.0. The Morgan fingerprint density at radius 3 is 2.73 bits per heavy atom. The van der Waals surface area contributed by atoms with Gasteiger partial charge in [0.2, 0.25) is 0 Å². The van der Waals surface area contributed by atoms with E-state index in [0.29, 0.717) is 30.0 Å². The quantitative estimate of drug-likeness (QED) is 0.802. The number of nitrogens with one attached hydrogen (secondary N) is 1. The summed E-state index contributed by atoms with van der Waals surface area (Å²) in [6.45, 7) is 4.75. The zero-order valence-electron chi connectivity index (χ0n) is 17.4. The molecule has 160 valence electrons. The molecule has 30 heavy (non-hydrogen) atoms. The lowest BCUT2D eigenvalue weighted by Gasteiger charge is -2.43. The number of hydrogen-bond donors (Lipinski definition) is 1. The van der Waals surface area contributed by atoms with E-state index in [9.17, 15) is 13.2 Å². The van der Waals surface area contributed by atoms with Crippen LogP contribution in [-0.2, 0) is 14.8 Å². The normalized spacial score (nSPS) is 21.7. The number of rotatable bonds is 4. The minimum Gasteiger partial charge on any atom is -0.374 e. The van der Waals surface area contributed by atoms with Crippen LogP contribution in [0.15, 0.2) is 47.4 Å². The fourth-order valence-electron chi connectivity index (χ4n) is 4.44. The predicted molar refractivity (Wildman–Crippen MR) is 116 cm³/mol. The lowest BCUT2D eigenvalue weighted by Crippen LogP contribution is -2.54. The first kappa shape index (κ1) is 20.9. The Balaban J connectivity index is 1.56. The number of hydrogen-bond acceptors (Lipinski definition) is 4. The summed E-state index contributed by atoms with van der Waals surface area (Å²) in [5.74, 6) is -0.0667. The summed E-state index contributed by atoms with van der Waals surface area (Å²) in [4.78, 5) is 15.4. The molecule has 0 bridgehead atoms. The van der Waals surface area contributed by atoms with E-state index in [0.717, 1.165) is 31.2 Å². The van der Waals surface area contributed by atoms with Gasteiger partial charge in [0.15, 0.2) is 0 Å². The number of carbonyl (C=O) groups excluding carboxylic acids is 1. The molecule has 2 atom stereocenters. The Morgan fingerprint density at radius 2 is 1.90 bits per heavy atom. The highest BCUT2D eigenvalue weighted by atomic mass is 32.2. The van der Waals surface area contributed by atoms with Gasteiger partial charge in [-0.3, -0.25) is 9.52 Å². The summed E-state index contributed by atoms with van der Waals surface area (Å²) in [5, 5.41) is 0. The van der Waals surface area contributed by atoms with Crippen LogP contribution in [0, 0.1) is 13.8 Å². The van der Waals surface area contributed by atoms with E-state index in [-0.39, 0.29) is 22.9 Å². The maximum absolute atomic E-state index is 13.2. The zero-order valence-corrected chi connectivity index (χ0v) is 18.2. The van der Waals surface area contributed by atoms with Gasteiger partial charge in [-0.1, -0.05) is 31.0 Å². The second-order valence-electron chi connectivity index (χ2n) is 8.21. The molecule has 1 heterocycles. The summed E-state index contributed by atoms with van der Waals surface area (Å²) < 4.78 is 34.4. The van der Waals surface area contributed by atoms with E-state index in [1.807, 2.05) is 17.9 Å². The Bertz CT molecular complexity index is 1050. The van der Waals surface area contributed by atoms with Crippen molar-refractivity contribution in [3.8, 4) is 0 Å². The van der Waals surface area contributed by atoms with Crippen molar-refractivity contribution >= 4 is 21.6 Å². The third-order valence-electron chi connectivity index (χ3n) is 5.99. The molecule has 0 aromatic heterocycles. The molecule has 2 aromatic rings. The average Bonchev–Trinajstić information content (AvgIpc) is 2.74. The van der Waals surface area contributed by atoms with Crippen LogP contribution in [0.25, 0.3) is 0 Å². The maximum atomic E-state index is 13.2. The van der Waals surface area contributed by atoms with Crippen LogP contribution >= 0.6 is 0 Å². The number of ether oxygens (including phenoxy) is 1. The monoisotopic (exact) mass is 428 g/mol.